The molecule has 8 aromatic heterocycles. The molecule has 3 fully saturated rings. The molecule has 19 rings (SSSR count). The van der Waals surface area contributed by atoms with Gasteiger partial charge < -0.3 is 93.1 Å². The van der Waals surface area contributed by atoms with Gasteiger partial charge in [-0.05, 0) is 149 Å². The molecule has 0 unspecified atom stereocenters. The lowest BCUT2D eigenvalue weighted by atomic mass is 10.1. The van der Waals surface area contributed by atoms with Crippen molar-refractivity contribution in [1.82, 2.24) is 95.4 Å². The van der Waals surface area contributed by atoms with Crippen LogP contribution in [0.4, 0.5) is 45.5 Å². The predicted octanol–water partition coefficient (Wildman–Crippen LogP) is 16.4. The highest BCUT2D eigenvalue weighted by atomic mass is 16.5. The van der Waals surface area contributed by atoms with Gasteiger partial charge in [-0.2, -0.15) is 20.4 Å². The van der Waals surface area contributed by atoms with Crippen LogP contribution in [0.2, 0.25) is 0 Å². The topological polar surface area (TPSA) is 418 Å². The molecular formula is C109H129N23O15. The summed E-state index contributed by atoms with van der Waals surface area (Å²) in [7, 11) is 16.4. The highest BCUT2D eigenvalue weighted by molar-refractivity contribution is 5.89. The number of carbonyl (C=O) groups is 3. The van der Waals surface area contributed by atoms with E-state index >= 15 is 0 Å². The van der Waals surface area contributed by atoms with E-state index in [1.807, 2.05) is 135 Å². The number of anilines is 8. The van der Waals surface area contributed by atoms with E-state index < -0.39 is 5.54 Å². The van der Waals surface area contributed by atoms with Crippen LogP contribution in [0.25, 0.3) is 89.2 Å². The Morgan fingerprint density at radius 3 is 1.01 bits per heavy atom. The standard InChI is InChI=1S/C30H36N6O4.C28H32N6O4.C27H30N6O4.C22H23N5O3.2CH4/c1-30(2,29(37)31-10-11-38-3)36-19-21(16-33-36)28-17-32-26-9-8-22(14-27(26)34-28)35(18-20-6-7-20)23-12-24(39-4)15-25(13-23)40-5;1-36-9-8-29-28(35)18-33-17-20(14-31-33)27-15-30-25-7-6-21(12-26(25)32-27)34(16-19-4-5-19)22-10-23(37-2)13-24(11-22)38-3;1-36-22-9-21(10-23(12-22)37-2)33(15-18-3-4-18)20-5-6-24-25(11-20)31-26(14-29-24)19-13-30-32(16-19)17-27(35)28-7-8-34;1-29-18-8-17(9-19(11-18)30-2)27(6-3-7-28)16-4-5-20-21(10-16)26-22(14-23-20)15-12-24-25-13-15;;/h8-9,12-17,19-20H,6-7,10-11,18H2,1-5H3,(H,31,37);6-7,10-15,17,19H,4-5,8-9,16,18H2,1-3H3,(H,29,35);5-6,9-14,16,18,34H,3-4,7-8,15,17H2,1-2H3,(H,28,35);4-5,8-14,28H,3,6-7H2,1-2H3,(H,24,25);2*1H4. The molecule has 8 heterocycles. The van der Waals surface area contributed by atoms with Gasteiger partial charge in [0.2, 0.25) is 17.7 Å². The molecule has 38 nitrogen and oxygen atoms in total. The molecule has 0 saturated heterocycles. The molecule has 16 aromatic rings. The SMILES string of the molecule is C.C.COCCNC(=O)C(C)(C)n1cc(-c2cnc3ccc(N(CC4CC4)c4cc(OC)cc(OC)c4)cc3n2)cn1.COCCNC(=O)Cn1cc(-c2cnc3ccc(N(CC4CC4)c4cc(OC)cc(OC)c4)cc3n2)cn1.COc1cc(OC)cc(N(CC2CC2)c2ccc3ncc(-c4cnn(CC(=O)NCCO)c4)nc3c2)c1.COc1cc(OC)cc(N(CCCO)c2ccc3ncc(-c4cn[nH]c4)nc3c2)c1. The predicted molar refractivity (Wildman–Crippen MR) is 568 cm³/mol. The van der Waals surface area contributed by atoms with Gasteiger partial charge in [-0.3, -0.25) is 53.5 Å². The van der Waals surface area contributed by atoms with E-state index in [2.05, 4.69) is 111 Å². The Balaban J connectivity index is 0.000000155. The summed E-state index contributed by atoms with van der Waals surface area (Å²) in [6.45, 7) is 9.14. The molecule has 3 saturated carbocycles. The smallest absolute Gasteiger partial charge is 0.247 e. The molecule has 3 aliphatic carbocycles. The molecular weight excluding hydrogens is 1870 g/mol. The molecule has 0 aliphatic heterocycles. The molecule has 3 amide bonds. The van der Waals surface area contributed by atoms with Crippen LogP contribution in [-0.2, 0) is 42.5 Å². The second-order valence-electron chi connectivity index (χ2n) is 35.6. The van der Waals surface area contributed by atoms with E-state index in [9.17, 15) is 19.5 Å². The number of ether oxygens (including phenoxy) is 10. The number of aliphatic hydroxyl groups is 2. The number of nitrogens with one attached hydrogen (secondary N) is 4. The van der Waals surface area contributed by atoms with Crippen molar-refractivity contribution < 1.29 is 72.0 Å². The molecule has 0 radical (unpaired) electrons. The average molecular weight is 2000 g/mol. The summed E-state index contributed by atoms with van der Waals surface area (Å²) in [5.41, 5.74) is 19.3. The van der Waals surface area contributed by atoms with Crippen molar-refractivity contribution >= 4 is 107 Å². The van der Waals surface area contributed by atoms with Crippen LogP contribution in [0.5, 0.6) is 46.0 Å². The number of aromatic nitrogens is 16. The van der Waals surface area contributed by atoms with Crippen LogP contribution in [0.1, 0.15) is 73.6 Å². The van der Waals surface area contributed by atoms with Gasteiger partial charge in [0.15, 0.2) is 0 Å². The lowest BCUT2D eigenvalue weighted by Gasteiger charge is -2.26. The third kappa shape index (κ3) is 27.7. The van der Waals surface area contributed by atoms with Gasteiger partial charge in [0, 0.05) is 232 Å². The highest BCUT2D eigenvalue weighted by Crippen LogP contribution is 2.45. The Morgan fingerprint density at radius 1 is 0.367 bits per heavy atom. The summed E-state index contributed by atoms with van der Waals surface area (Å²) in [6, 6.07) is 47.8. The normalized spacial score (nSPS) is 12.4. The van der Waals surface area contributed by atoms with Crippen molar-refractivity contribution in [3.8, 4) is 91.0 Å². The zero-order valence-corrected chi connectivity index (χ0v) is 83.4. The number of carbonyl (C=O) groups excluding carboxylic acids is 3. The molecule has 0 bridgehead atoms. The third-order valence-electron chi connectivity index (χ3n) is 24.8. The maximum absolute atomic E-state index is 12.8. The molecule has 3 aliphatic rings. The zero-order chi connectivity index (χ0) is 101. The van der Waals surface area contributed by atoms with Gasteiger partial charge >= 0.3 is 0 Å². The number of nitrogens with zero attached hydrogens (tertiary/aromatic N) is 19. The Morgan fingerprint density at radius 2 is 0.687 bits per heavy atom. The maximum Gasteiger partial charge on any atom is 0.247 e. The Hall–Kier alpha value is -16.2. The number of benzene rings is 8. The summed E-state index contributed by atoms with van der Waals surface area (Å²) < 4.78 is 58.8. The number of aliphatic hydroxyl groups excluding tert-OH is 2. The molecule has 8 aromatic carbocycles. The van der Waals surface area contributed by atoms with E-state index in [1.165, 1.54) is 43.2 Å². The lowest BCUT2D eigenvalue weighted by Crippen LogP contribution is -2.45. The summed E-state index contributed by atoms with van der Waals surface area (Å²) in [5, 5.41) is 46.4. The fraction of sp³-hybridized carbons (Fsp3) is 0.349. The third-order valence-corrected chi connectivity index (χ3v) is 24.8. The molecule has 770 valence electrons. The van der Waals surface area contributed by atoms with Crippen molar-refractivity contribution in [3.05, 3.63) is 220 Å². The number of rotatable bonds is 43. The van der Waals surface area contributed by atoms with Crippen LogP contribution in [0, 0.1) is 17.8 Å². The minimum atomic E-state index is -0.884. The first-order valence-electron chi connectivity index (χ1n) is 47.9. The fourth-order valence-electron chi connectivity index (χ4n) is 16.2. The first kappa shape index (κ1) is 107. The first-order chi connectivity index (χ1) is 70.6. The zero-order valence-electron chi connectivity index (χ0n) is 83.4. The number of hydrogen-bond donors (Lipinski definition) is 6. The van der Waals surface area contributed by atoms with Crippen molar-refractivity contribution in [3.63, 3.8) is 0 Å². The van der Waals surface area contributed by atoms with Crippen LogP contribution in [0.15, 0.2) is 220 Å². The van der Waals surface area contributed by atoms with Crippen LogP contribution < -0.4 is 73.4 Å². The first-order valence-corrected chi connectivity index (χ1v) is 47.9. The maximum atomic E-state index is 12.8. The van der Waals surface area contributed by atoms with Gasteiger partial charge in [-0.15, -0.1) is 0 Å². The van der Waals surface area contributed by atoms with Crippen molar-refractivity contribution in [2.24, 2.45) is 17.8 Å². The minimum Gasteiger partial charge on any atom is -0.497 e. The quantitative estimate of drug-likeness (QED) is 0.0193. The number of fused-ring (bicyclic) bond motifs is 4. The largest absolute Gasteiger partial charge is 0.497 e. The van der Waals surface area contributed by atoms with E-state index in [-0.39, 0.29) is 65.4 Å². The van der Waals surface area contributed by atoms with Crippen molar-refractivity contribution in [2.45, 2.75) is 92.3 Å². The monoisotopic (exact) mass is 2000 g/mol. The number of aromatic amines is 1. The van der Waals surface area contributed by atoms with Gasteiger partial charge in [-0.1, -0.05) is 14.9 Å². The van der Waals surface area contributed by atoms with Gasteiger partial charge in [0.05, 0.1) is 193 Å². The number of methoxy groups -OCH3 is 10. The summed E-state index contributed by atoms with van der Waals surface area (Å²) >= 11 is 0. The van der Waals surface area contributed by atoms with Crippen LogP contribution >= 0.6 is 0 Å². The summed E-state index contributed by atoms with van der Waals surface area (Å²) in [6.07, 6.45) is 28.9. The van der Waals surface area contributed by atoms with E-state index in [0.29, 0.717) is 85.6 Å². The number of H-pyrrole nitrogens is 1. The molecule has 147 heavy (non-hydrogen) atoms. The number of hydrogen-bond acceptors (Lipinski definition) is 31. The fourth-order valence-corrected chi connectivity index (χ4v) is 16.2. The van der Waals surface area contributed by atoms with Gasteiger partial charge in [0.1, 0.15) is 64.6 Å². The summed E-state index contributed by atoms with van der Waals surface area (Å²) in [4.78, 5) is 83.6. The summed E-state index contributed by atoms with van der Waals surface area (Å²) in [5.74, 6) is 7.28. The molecule has 6 N–H and O–H groups in total. The molecule has 0 spiro atoms. The van der Waals surface area contributed by atoms with E-state index in [4.69, 9.17) is 72.4 Å². The van der Waals surface area contributed by atoms with Gasteiger partial charge in [0.25, 0.3) is 0 Å². The Kier molecular flexibility index (Phi) is 36.5. The molecule has 38 heteroatoms. The highest BCUT2D eigenvalue weighted by Gasteiger charge is 2.33. The second-order valence-corrected chi connectivity index (χ2v) is 35.6. The van der Waals surface area contributed by atoms with Crippen molar-refractivity contribution in [2.75, 3.05) is 163 Å². The van der Waals surface area contributed by atoms with Crippen molar-refractivity contribution in [1.29, 1.82) is 0 Å². The average Bonchev–Trinajstić information content (AvgIpc) is 1.74. The van der Waals surface area contributed by atoms with Crippen LogP contribution in [0.3, 0.4) is 0 Å². The minimum absolute atomic E-state index is 0. The van der Waals surface area contributed by atoms with E-state index in [0.717, 1.165) is 172 Å². The molecule has 0 atom stereocenters. The number of amides is 3. The lowest BCUT2D eigenvalue weighted by molar-refractivity contribution is -0.129. The second kappa shape index (κ2) is 50.4. The van der Waals surface area contributed by atoms with Gasteiger partial charge in [-0.25, -0.2) is 19.9 Å². The van der Waals surface area contributed by atoms with Crippen LogP contribution in [-0.4, -0.2) is 251 Å². The Labute approximate surface area is 854 Å². The Bertz CT molecular complexity index is 7020. The van der Waals surface area contributed by atoms with E-state index in [1.54, 1.807) is 149 Å².